The highest BCUT2D eigenvalue weighted by Gasteiger charge is 2.16. The number of halogens is 1. The predicted octanol–water partition coefficient (Wildman–Crippen LogP) is 3.26. The van der Waals surface area contributed by atoms with Crippen LogP contribution in [0.3, 0.4) is 0 Å². The Balaban J connectivity index is 1.90. The molecular weight excluding hydrogens is 299 g/mol. The molecule has 0 unspecified atom stereocenters. The number of aryl methyl sites for hydroxylation is 1. The highest BCUT2D eigenvalue weighted by molar-refractivity contribution is 5.75. The summed E-state index contributed by atoms with van der Waals surface area (Å²) in [6.45, 7) is 0.389. The maximum Gasteiger partial charge on any atom is 0.272 e. The predicted molar refractivity (Wildman–Crippen MR) is 85.9 cm³/mol. The quantitative estimate of drug-likeness (QED) is 0.548. The highest BCUT2D eigenvalue weighted by Crippen LogP contribution is 2.25. The Morgan fingerprint density at radius 2 is 2.04 bits per heavy atom. The molecule has 0 fully saturated rings. The van der Waals surface area contributed by atoms with Gasteiger partial charge in [0.15, 0.2) is 5.82 Å². The van der Waals surface area contributed by atoms with Gasteiger partial charge in [0, 0.05) is 20.2 Å². The van der Waals surface area contributed by atoms with Crippen LogP contribution in [-0.4, -0.2) is 21.5 Å². The van der Waals surface area contributed by atoms with Gasteiger partial charge in [-0.2, -0.15) is 0 Å². The first kappa shape index (κ1) is 15.0. The molecule has 1 aromatic heterocycles. The number of anilines is 1. The van der Waals surface area contributed by atoms with E-state index >= 15 is 0 Å². The number of nitro benzene ring substituents is 1. The molecule has 0 bridgehead atoms. The molecule has 118 valence electrons. The van der Waals surface area contributed by atoms with E-state index in [1.54, 1.807) is 11.9 Å². The zero-order valence-corrected chi connectivity index (χ0v) is 12.7. The lowest BCUT2D eigenvalue weighted by molar-refractivity contribution is -0.385. The number of rotatable bonds is 4. The molecule has 0 aliphatic rings. The Hall–Kier alpha value is -2.96. The van der Waals surface area contributed by atoms with Crippen molar-refractivity contribution in [2.24, 2.45) is 7.05 Å². The van der Waals surface area contributed by atoms with Crippen molar-refractivity contribution < 1.29 is 9.31 Å². The van der Waals surface area contributed by atoms with Crippen LogP contribution in [-0.2, 0) is 13.6 Å². The van der Waals surface area contributed by atoms with Gasteiger partial charge in [-0.3, -0.25) is 10.1 Å². The molecule has 0 spiro atoms. The summed E-state index contributed by atoms with van der Waals surface area (Å²) in [4.78, 5) is 16.3. The van der Waals surface area contributed by atoms with E-state index in [1.807, 2.05) is 35.9 Å². The molecule has 0 radical (unpaired) electrons. The monoisotopic (exact) mass is 314 g/mol. The molecule has 0 amide bonds. The van der Waals surface area contributed by atoms with Gasteiger partial charge in [-0.15, -0.1) is 0 Å². The third-order valence-electron chi connectivity index (χ3n) is 3.81. The Labute approximate surface area is 131 Å². The maximum atomic E-state index is 14.1. The molecule has 0 saturated carbocycles. The van der Waals surface area contributed by atoms with Gasteiger partial charge in [0.2, 0.25) is 0 Å². The number of non-ortho nitro benzene ring substituents is 1. The Bertz CT molecular complexity index is 891. The number of fused-ring (bicyclic) bond motifs is 1. The number of benzene rings is 2. The van der Waals surface area contributed by atoms with Crippen LogP contribution in [0.15, 0.2) is 42.5 Å². The summed E-state index contributed by atoms with van der Waals surface area (Å²) in [6, 6.07) is 11.4. The van der Waals surface area contributed by atoms with Gasteiger partial charge in [-0.05, 0) is 18.2 Å². The van der Waals surface area contributed by atoms with Crippen molar-refractivity contribution in [3.8, 4) is 0 Å². The SMILES string of the molecule is CN(Cc1nc2ccccc2n1C)c1ccc([N+](=O)[O-])cc1F. The standard InChI is InChI=1S/C16H15FN4O2/c1-19(14-8-7-11(21(22)23)9-12(14)17)10-16-18-13-5-3-4-6-15(13)20(16)2/h3-9H,10H2,1-2H3. The summed E-state index contributed by atoms with van der Waals surface area (Å²) in [7, 11) is 3.63. The second-order valence-electron chi connectivity index (χ2n) is 5.32. The van der Waals surface area contributed by atoms with Gasteiger partial charge >= 0.3 is 0 Å². The van der Waals surface area contributed by atoms with Crippen LogP contribution >= 0.6 is 0 Å². The van der Waals surface area contributed by atoms with Crippen LogP contribution in [0.25, 0.3) is 11.0 Å². The van der Waals surface area contributed by atoms with E-state index in [0.29, 0.717) is 12.2 Å². The Morgan fingerprint density at radius 3 is 2.70 bits per heavy atom. The van der Waals surface area contributed by atoms with Crippen molar-refractivity contribution in [2.45, 2.75) is 6.54 Å². The summed E-state index contributed by atoms with van der Waals surface area (Å²) in [6.07, 6.45) is 0. The molecule has 0 aliphatic carbocycles. The second-order valence-corrected chi connectivity index (χ2v) is 5.32. The summed E-state index contributed by atoms with van der Waals surface area (Å²) < 4.78 is 16.0. The molecule has 6 nitrogen and oxygen atoms in total. The van der Waals surface area contributed by atoms with Crippen LogP contribution in [0.5, 0.6) is 0 Å². The minimum atomic E-state index is -0.625. The summed E-state index contributed by atoms with van der Waals surface area (Å²) in [5.41, 5.74) is 1.91. The fourth-order valence-corrected chi connectivity index (χ4v) is 2.55. The first-order valence-corrected chi connectivity index (χ1v) is 7.03. The van der Waals surface area contributed by atoms with Gasteiger partial charge in [-0.1, -0.05) is 12.1 Å². The van der Waals surface area contributed by atoms with Crippen LogP contribution in [0.4, 0.5) is 15.8 Å². The molecule has 7 heteroatoms. The number of aromatic nitrogens is 2. The highest BCUT2D eigenvalue weighted by atomic mass is 19.1. The molecule has 0 atom stereocenters. The van der Waals surface area contributed by atoms with Crippen molar-refractivity contribution in [2.75, 3.05) is 11.9 Å². The number of nitrogens with zero attached hydrogens (tertiary/aromatic N) is 4. The zero-order chi connectivity index (χ0) is 16.6. The largest absolute Gasteiger partial charge is 0.365 e. The Kier molecular flexibility index (Phi) is 3.69. The van der Waals surface area contributed by atoms with Crippen molar-refractivity contribution in [3.05, 3.63) is 64.2 Å². The fraction of sp³-hybridized carbons (Fsp3) is 0.188. The maximum absolute atomic E-state index is 14.1. The molecule has 2 aromatic carbocycles. The normalized spacial score (nSPS) is 10.9. The molecule has 0 N–H and O–H groups in total. The lowest BCUT2D eigenvalue weighted by Gasteiger charge is -2.19. The average Bonchev–Trinajstić information content (AvgIpc) is 2.83. The average molecular weight is 314 g/mol. The summed E-state index contributed by atoms with van der Waals surface area (Å²) in [5, 5.41) is 10.7. The first-order valence-electron chi connectivity index (χ1n) is 7.03. The van der Waals surface area contributed by atoms with Crippen LogP contribution in [0.2, 0.25) is 0 Å². The second kappa shape index (κ2) is 5.68. The van der Waals surface area contributed by atoms with Gasteiger partial charge < -0.3 is 9.47 Å². The lowest BCUT2D eigenvalue weighted by Crippen LogP contribution is -2.20. The van der Waals surface area contributed by atoms with E-state index in [-0.39, 0.29) is 5.69 Å². The van der Waals surface area contributed by atoms with E-state index in [2.05, 4.69) is 4.98 Å². The van der Waals surface area contributed by atoms with E-state index < -0.39 is 10.7 Å². The zero-order valence-electron chi connectivity index (χ0n) is 12.7. The molecule has 0 saturated heterocycles. The minimum Gasteiger partial charge on any atom is -0.365 e. The van der Waals surface area contributed by atoms with Gasteiger partial charge in [-0.25, -0.2) is 9.37 Å². The smallest absolute Gasteiger partial charge is 0.272 e. The summed E-state index contributed by atoms with van der Waals surface area (Å²) in [5.74, 6) is 0.159. The van der Waals surface area contributed by atoms with Gasteiger partial charge in [0.1, 0.15) is 5.82 Å². The number of para-hydroxylation sites is 2. The van der Waals surface area contributed by atoms with Crippen LogP contribution in [0.1, 0.15) is 5.82 Å². The van der Waals surface area contributed by atoms with Crippen LogP contribution in [0, 0.1) is 15.9 Å². The number of hydrogen-bond donors (Lipinski definition) is 0. The number of hydrogen-bond acceptors (Lipinski definition) is 4. The first-order chi connectivity index (χ1) is 11.0. The van der Waals surface area contributed by atoms with Gasteiger partial charge in [0.25, 0.3) is 5.69 Å². The summed E-state index contributed by atoms with van der Waals surface area (Å²) >= 11 is 0. The number of imidazole rings is 1. The third kappa shape index (κ3) is 2.73. The minimum absolute atomic E-state index is 0.262. The van der Waals surface area contributed by atoms with E-state index in [0.717, 1.165) is 22.9 Å². The number of nitro groups is 1. The van der Waals surface area contributed by atoms with Crippen molar-refractivity contribution in [1.29, 1.82) is 0 Å². The topological polar surface area (TPSA) is 64.2 Å². The van der Waals surface area contributed by atoms with Crippen molar-refractivity contribution >= 4 is 22.4 Å². The molecule has 23 heavy (non-hydrogen) atoms. The third-order valence-corrected chi connectivity index (χ3v) is 3.81. The van der Waals surface area contributed by atoms with Crippen molar-refractivity contribution in [1.82, 2.24) is 9.55 Å². The fourth-order valence-electron chi connectivity index (χ4n) is 2.55. The van der Waals surface area contributed by atoms with E-state index in [1.165, 1.54) is 12.1 Å². The molecular formula is C16H15FN4O2. The molecule has 3 aromatic rings. The van der Waals surface area contributed by atoms with E-state index in [4.69, 9.17) is 0 Å². The molecule has 3 rings (SSSR count). The lowest BCUT2D eigenvalue weighted by atomic mass is 10.2. The van der Waals surface area contributed by atoms with Crippen molar-refractivity contribution in [3.63, 3.8) is 0 Å². The van der Waals surface area contributed by atoms with E-state index in [9.17, 15) is 14.5 Å². The molecule has 1 heterocycles. The van der Waals surface area contributed by atoms with Gasteiger partial charge in [0.05, 0.1) is 34.3 Å². The van der Waals surface area contributed by atoms with Crippen LogP contribution < -0.4 is 4.90 Å². The Morgan fingerprint density at radius 1 is 1.30 bits per heavy atom. The molecule has 0 aliphatic heterocycles.